The van der Waals surface area contributed by atoms with Crippen LogP contribution in [0.2, 0.25) is 0 Å². The molecule has 13 heavy (non-hydrogen) atoms. The van der Waals surface area contributed by atoms with E-state index in [9.17, 15) is 4.79 Å². The maximum atomic E-state index is 10.6. The number of hydrogen-bond donors (Lipinski definition) is 4. The van der Waals surface area contributed by atoms with Crippen LogP contribution in [0.25, 0.3) is 0 Å². The van der Waals surface area contributed by atoms with E-state index in [-0.39, 0.29) is 6.04 Å². The normalized spacial score (nSPS) is 14.2. The van der Waals surface area contributed by atoms with Crippen molar-refractivity contribution in [1.82, 2.24) is 5.32 Å². The van der Waals surface area contributed by atoms with E-state index >= 15 is 0 Å². The number of nitrogens with two attached hydrogens (primary N) is 3. The van der Waals surface area contributed by atoms with Gasteiger partial charge in [-0.05, 0) is 6.92 Å². The minimum atomic E-state index is -0.436. The lowest BCUT2D eigenvalue weighted by atomic mass is 10.2. The van der Waals surface area contributed by atoms with Crippen LogP contribution < -0.4 is 22.5 Å². The van der Waals surface area contributed by atoms with Gasteiger partial charge < -0.3 is 22.5 Å². The van der Waals surface area contributed by atoms with Gasteiger partial charge in [0, 0.05) is 31.2 Å². The molecule has 0 aromatic rings. The first-order valence-corrected chi connectivity index (χ1v) is 4.22. The van der Waals surface area contributed by atoms with E-state index in [0.717, 1.165) is 6.54 Å². The number of hydrogen-bond acceptors (Lipinski definition) is 4. The maximum absolute atomic E-state index is 10.6. The summed E-state index contributed by atoms with van der Waals surface area (Å²) in [5, 5.41) is 3.03. The second kappa shape index (κ2) is 6.59. The van der Waals surface area contributed by atoms with Crippen LogP contribution in [0.5, 0.6) is 0 Å². The van der Waals surface area contributed by atoms with Crippen LogP contribution in [0, 0.1) is 0 Å². The van der Waals surface area contributed by atoms with Gasteiger partial charge in [0.05, 0.1) is 0 Å². The largest absolute Gasteiger partial charge is 0.366 e. The molecule has 1 amide bonds. The fourth-order valence-electron chi connectivity index (χ4n) is 0.833. The first-order valence-electron chi connectivity index (χ1n) is 4.22. The number of amides is 1. The first kappa shape index (κ1) is 12.1. The Kier molecular flexibility index (Phi) is 6.13. The summed E-state index contributed by atoms with van der Waals surface area (Å²) in [4.78, 5) is 10.6. The standard InChI is InChI=1S/C8H18N4O/c1-6(8(11)13)4-7(10)5-12-3-2-9/h4,7,12H,2-3,5,9-10H2,1H3,(H2,11,13)/b6-4-. The summed E-state index contributed by atoms with van der Waals surface area (Å²) in [6.45, 7) is 3.54. The Labute approximate surface area is 78.3 Å². The average Bonchev–Trinajstić information content (AvgIpc) is 2.04. The molecule has 0 rings (SSSR count). The van der Waals surface area contributed by atoms with Crippen molar-refractivity contribution in [3.63, 3.8) is 0 Å². The zero-order valence-corrected chi connectivity index (χ0v) is 7.92. The first-order chi connectivity index (χ1) is 6.07. The van der Waals surface area contributed by atoms with Gasteiger partial charge in [-0.2, -0.15) is 0 Å². The predicted molar refractivity (Wildman–Crippen MR) is 52.9 cm³/mol. The van der Waals surface area contributed by atoms with E-state index in [1.165, 1.54) is 0 Å². The van der Waals surface area contributed by atoms with Crippen molar-refractivity contribution in [1.29, 1.82) is 0 Å². The van der Waals surface area contributed by atoms with Gasteiger partial charge in [0.1, 0.15) is 0 Å². The molecular weight excluding hydrogens is 168 g/mol. The summed E-state index contributed by atoms with van der Waals surface area (Å²) in [5.41, 5.74) is 16.5. The minimum Gasteiger partial charge on any atom is -0.366 e. The van der Waals surface area contributed by atoms with Gasteiger partial charge in [-0.3, -0.25) is 4.79 Å². The monoisotopic (exact) mass is 186 g/mol. The molecule has 0 fully saturated rings. The van der Waals surface area contributed by atoms with Crippen LogP contribution in [0.3, 0.4) is 0 Å². The van der Waals surface area contributed by atoms with Gasteiger partial charge in [0.15, 0.2) is 0 Å². The molecule has 0 aliphatic carbocycles. The molecule has 0 aliphatic heterocycles. The molecule has 0 saturated heterocycles. The van der Waals surface area contributed by atoms with E-state index in [1.807, 2.05) is 0 Å². The van der Waals surface area contributed by atoms with E-state index in [0.29, 0.717) is 18.7 Å². The lowest BCUT2D eigenvalue weighted by molar-refractivity contribution is -0.114. The van der Waals surface area contributed by atoms with Crippen molar-refractivity contribution in [2.24, 2.45) is 17.2 Å². The summed E-state index contributed by atoms with van der Waals surface area (Å²) < 4.78 is 0. The second-order valence-electron chi connectivity index (χ2n) is 2.87. The molecule has 0 aromatic heterocycles. The molecule has 76 valence electrons. The van der Waals surface area contributed by atoms with Gasteiger partial charge in [0.25, 0.3) is 0 Å². The molecule has 0 heterocycles. The van der Waals surface area contributed by atoms with E-state index in [1.54, 1.807) is 13.0 Å². The molecular formula is C8H18N4O. The number of carbonyl (C=O) groups is 1. The summed E-state index contributed by atoms with van der Waals surface area (Å²) in [7, 11) is 0. The molecule has 0 radical (unpaired) electrons. The molecule has 7 N–H and O–H groups in total. The Balaban J connectivity index is 3.78. The average molecular weight is 186 g/mol. The zero-order chi connectivity index (χ0) is 10.3. The highest BCUT2D eigenvalue weighted by Gasteiger charge is 2.01. The minimum absolute atomic E-state index is 0.195. The lowest BCUT2D eigenvalue weighted by Gasteiger charge is -2.08. The Bertz CT molecular complexity index is 191. The van der Waals surface area contributed by atoms with Crippen molar-refractivity contribution >= 4 is 5.91 Å². The molecule has 0 bridgehead atoms. The van der Waals surface area contributed by atoms with Crippen molar-refractivity contribution in [2.75, 3.05) is 19.6 Å². The molecule has 5 nitrogen and oxygen atoms in total. The third-order valence-electron chi connectivity index (χ3n) is 1.55. The topological polar surface area (TPSA) is 107 Å². The highest BCUT2D eigenvalue weighted by atomic mass is 16.1. The zero-order valence-electron chi connectivity index (χ0n) is 7.92. The SMILES string of the molecule is C/C(=C/C(N)CNCCN)C(N)=O. The van der Waals surface area contributed by atoms with E-state index in [2.05, 4.69) is 5.32 Å². The van der Waals surface area contributed by atoms with Crippen LogP contribution in [-0.4, -0.2) is 31.6 Å². The second-order valence-corrected chi connectivity index (χ2v) is 2.87. The molecule has 1 unspecified atom stereocenters. The number of primary amides is 1. The van der Waals surface area contributed by atoms with Gasteiger partial charge in [-0.15, -0.1) is 0 Å². The summed E-state index contributed by atoms with van der Waals surface area (Å²) in [6, 6.07) is -0.195. The van der Waals surface area contributed by atoms with Crippen LogP contribution in [0.1, 0.15) is 6.92 Å². The van der Waals surface area contributed by atoms with Crippen molar-refractivity contribution in [3.8, 4) is 0 Å². The van der Waals surface area contributed by atoms with Gasteiger partial charge in [-0.1, -0.05) is 6.08 Å². The predicted octanol–water partition coefficient (Wildman–Crippen LogP) is -1.71. The van der Waals surface area contributed by atoms with Gasteiger partial charge in [-0.25, -0.2) is 0 Å². The van der Waals surface area contributed by atoms with Crippen molar-refractivity contribution in [3.05, 3.63) is 11.6 Å². The molecule has 0 spiro atoms. The fourth-order valence-corrected chi connectivity index (χ4v) is 0.833. The highest BCUT2D eigenvalue weighted by molar-refractivity contribution is 5.91. The van der Waals surface area contributed by atoms with E-state index in [4.69, 9.17) is 17.2 Å². The molecule has 0 saturated carbocycles. The molecule has 1 atom stereocenters. The van der Waals surface area contributed by atoms with Crippen LogP contribution in [-0.2, 0) is 4.79 Å². The van der Waals surface area contributed by atoms with Gasteiger partial charge in [0.2, 0.25) is 5.91 Å². The van der Waals surface area contributed by atoms with Crippen LogP contribution in [0.15, 0.2) is 11.6 Å². The van der Waals surface area contributed by atoms with Crippen LogP contribution in [0.4, 0.5) is 0 Å². The Hall–Kier alpha value is -0.910. The summed E-state index contributed by atoms with van der Waals surface area (Å²) in [5.74, 6) is -0.436. The Morgan fingerprint density at radius 2 is 2.23 bits per heavy atom. The quantitative estimate of drug-likeness (QED) is 0.293. The number of nitrogens with one attached hydrogen (secondary N) is 1. The van der Waals surface area contributed by atoms with Crippen LogP contribution >= 0.6 is 0 Å². The van der Waals surface area contributed by atoms with Gasteiger partial charge >= 0.3 is 0 Å². The number of carbonyl (C=O) groups excluding carboxylic acids is 1. The number of rotatable bonds is 6. The molecule has 0 aromatic carbocycles. The fraction of sp³-hybridized carbons (Fsp3) is 0.625. The summed E-state index contributed by atoms with van der Waals surface area (Å²) >= 11 is 0. The smallest absolute Gasteiger partial charge is 0.244 e. The Morgan fingerprint density at radius 1 is 1.62 bits per heavy atom. The third-order valence-corrected chi connectivity index (χ3v) is 1.55. The van der Waals surface area contributed by atoms with E-state index < -0.39 is 5.91 Å². The molecule has 5 heteroatoms. The van der Waals surface area contributed by atoms with Crippen molar-refractivity contribution in [2.45, 2.75) is 13.0 Å². The molecule has 0 aliphatic rings. The lowest BCUT2D eigenvalue weighted by Crippen LogP contribution is -2.35. The summed E-state index contributed by atoms with van der Waals surface area (Å²) in [6.07, 6.45) is 1.64. The third kappa shape index (κ3) is 6.27. The Morgan fingerprint density at radius 3 is 2.69 bits per heavy atom. The van der Waals surface area contributed by atoms with Crippen molar-refractivity contribution < 1.29 is 4.79 Å². The highest BCUT2D eigenvalue weighted by Crippen LogP contribution is 1.92. The maximum Gasteiger partial charge on any atom is 0.244 e.